The predicted molar refractivity (Wildman–Crippen MR) is 123 cm³/mol. The number of carbonyl (C=O) groups excluding carboxylic acids is 1. The number of hydrogen-bond donors (Lipinski definition) is 1. The van der Waals surface area contributed by atoms with Crippen molar-refractivity contribution >= 4 is 21.6 Å². The summed E-state index contributed by atoms with van der Waals surface area (Å²) in [6.45, 7) is 6.23. The summed E-state index contributed by atoms with van der Waals surface area (Å²) in [5.74, 6) is 1.34. The maximum absolute atomic E-state index is 12.9. The van der Waals surface area contributed by atoms with E-state index in [1.54, 1.807) is 31.4 Å². The van der Waals surface area contributed by atoms with E-state index in [1.807, 2.05) is 31.2 Å². The zero-order chi connectivity index (χ0) is 23.0. The fourth-order valence-corrected chi connectivity index (χ4v) is 4.09. The van der Waals surface area contributed by atoms with E-state index in [0.29, 0.717) is 24.0 Å². The van der Waals surface area contributed by atoms with Crippen molar-refractivity contribution in [1.29, 1.82) is 0 Å². The number of nitrogens with zero attached hydrogens (tertiary/aromatic N) is 1. The molecule has 31 heavy (non-hydrogen) atoms. The number of sulfonamides is 1. The Balaban J connectivity index is 2.20. The Kier molecular flexibility index (Phi) is 8.74. The van der Waals surface area contributed by atoms with Crippen molar-refractivity contribution in [3.05, 3.63) is 54.1 Å². The van der Waals surface area contributed by atoms with Gasteiger partial charge in [0.15, 0.2) is 0 Å². The number of hydrogen-bond acceptors (Lipinski definition) is 5. The number of carbonyl (C=O) groups is 1. The molecule has 1 unspecified atom stereocenters. The maximum atomic E-state index is 12.9. The van der Waals surface area contributed by atoms with Gasteiger partial charge in [-0.3, -0.25) is 9.10 Å². The van der Waals surface area contributed by atoms with Gasteiger partial charge in [0, 0.05) is 0 Å². The van der Waals surface area contributed by atoms with Crippen molar-refractivity contribution in [3.63, 3.8) is 0 Å². The minimum Gasteiger partial charge on any atom is -0.497 e. The van der Waals surface area contributed by atoms with Crippen LogP contribution in [0.3, 0.4) is 0 Å². The van der Waals surface area contributed by atoms with Crippen molar-refractivity contribution in [2.45, 2.75) is 33.2 Å². The number of amides is 1. The number of methoxy groups -OCH3 is 1. The van der Waals surface area contributed by atoms with E-state index in [1.165, 1.54) is 0 Å². The first-order chi connectivity index (χ1) is 14.6. The molecule has 7 nitrogen and oxygen atoms in total. The fourth-order valence-electron chi connectivity index (χ4n) is 3.23. The van der Waals surface area contributed by atoms with Gasteiger partial charge in [-0.15, -0.1) is 0 Å². The van der Waals surface area contributed by atoms with Crippen molar-refractivity contribution < 1.29 is 22.7 Å². The number of rotatable bonds is 11. The Hall–Kier alpha value is -2.74. The van der Waals surface area contributed by atoms with E-state index in [9.17, 15) is 13.2 Å². The molecule has 0 aliphatic rings. The van der Waals surface area contributed by atoms with E-state index >= 15 is 0 Å². The van der Waals surface area contributed by atoms with Crippen LogP contribution in [0.15, 0.2) is 48.5 Å². The molecule has 1 amide bonds. The highest BCUT2D eigenvalue weighted by molar-refractivity contribution is 7.92. The van der Waals surface area contributed by atoms with Gasteiger partial charge in [-0.05, 0) is 61.2 Å². The van der Waals surface area contributed by atoms with Crippen molar-refractivity contribution in [1.82, 2.24) is 5.32 Å². The van der Waals surface area contributed by atoms with Crippen LogP contribution in [0.1, 0.15) is 38.8 Å². The van der Waals surface area contributed by atoms with Crippen LogP contribution in [0.5, 0.6) is 11.5 Å². The van der Waals surface area contributed by atoms with Crippen LogP contribution in [-0.2, 0) is 14.8 Å². The Bertz CT molecular complexity index is 941. The SMILES string of the molecule is CCOc1ccc(N(CC(=O)NC(CC(C)C)c2ccc(OC)cc2)S(C)(=O)=O)cc1. The first-order valence-electron chi connectivity index (χ1n) is 10.3. The van der Waals surface area contributed by atoms with Gasteiger partial charge in [-0.25, -0.2) is 8.42 Å². The first kappa shape index (κ1) is 24.5. The van der Waals surface area contributed by atoms with Crippen LogP contribution in [0, 0.1) is 5.92 Å². The minimum atomic E-state index is -3.66. The third kappa shape index (κ3) is 7.47. The largest absolute Gasteiger partial charge is 0.497 e. The molecule has 0 radical (unpaired) electrons. The van der Waals surface area contributed by atoms with Crippen LogP contribution in [0.25, 0.3) is 0 Å². The van der Waals surface area contributed by atoms with Gasteiger partial charge in [-0.1, -0.05) is 26.0 Å². The second kappa shape index (κ2) is 11.0. The van der Waals surface area contributed by atoms with E-state index < -0.39 is 10.0 Å². The topological polar surface area (TPSA) is 84.9 Å². The van der Waals surface area contributed by atoms with E-state index in [-0.39, 0.29) is 18.5 Å². The molecule has 1 atom stereocenters. The lowest BCUT2D eigenvalue weighted by Gasteiger charge is -2.25. The van der Waals surface area contributed by atoms with E-state index in [2.05, 4.69) is 19.2 Å². The van der Waals surface area contributed by atoms with Gasteiger partial charge < -0.3 is 14.8 Å². The van der Waals surface area contributed by atoms with Gasteiger partial charge in [-0.2, -0.15) is 0 Å². The van der Waals surface area contributed by atoms with Crippen LogP contribution in [-0.4, -0.2) is 40.8 Å². The third-order valence-corrected chi connectivity index (χ3v) is 5.82. The van der Waals surface area contributed by atoms with Gasteiger partial charge in [0.1, 0.15) is 18.0 Å². The van der Waals surface area contributed by atoms with Gasteiger partial charge in [0.2, 0.25) is 15.9 Å². The quantitative estimate of drug-likeness (QED) is 0.566. The lowest BCUT2D eigenvalue weighted by molar-refractivity contribution is -0.120. The Morgan fingerprint density at radius 2 is 1.61 bits per heavy atom. The molecule has 0 spiro atoms. The van der Waals surface area contributed by atoms with E-state index in [4.69, 9.17) is 9.47 Å². The molecular formula is C23H32N2O5S. The molecule has 0 saturated carbocycles. The Morgan fingerprint density at radius 3 is 2.10 bits per heavy atom. The zero-order valence-electron chi connectivity index (χ0n) is 18.8. The molecule has 0 bridgehead atoms. The summed E-state index contributed by atoms with van der Waals surface area (Å²) in [4.78, 5) is 12.9. The normalized spacial score (nSPS) is 12.3. The molecular weight excluding hydrogens is 416 g/mol. The summed E-state index contributed by atoms with van der Waals surface area (Å²) in [5.41, 5.74) is 1.35. The summed E-state index contributed by atoms with van der Waals surface area (Å²) < 4.78 is 36.5. The standard InChI is InChI=1S/C23H32N2O5S/c1-6-30-21-13-9-19(10-14-21)25(31(5,27)28)16-23(26)24-22(15-17(2)3)18-7-11-20(29-4)12-8-18/h7-14,17,22H,6,15-16H2,1-5H3,(H,24,26). The zero-order valence-corrected chi connectivity index (χ0v) is 19.6. The van der Waals surface area contributed by atoms with Crippen molar-refractivity contribution in [2.75, 3.05) is 30.8 Å². The lowest BCUT2D eigenvalue weighted by atomic mass is 9.97. The van der Waals surface area contributed by atoms with Gasteiger partial charge >= 0.3 is 0 Å². The van der Waals surface area contributed by atoms with Crippen molar-refractivity contribution in [3.8, 4) is 11.5 Å². The number of ether oxygens (including phenoxy) is 2. The number of benzene rings is 2. The summed E-state index contributed by atoms with van der Waals surface area (Å²) in [5, 5.41) is 3.00. The van der Waals surface area contributed by atoms with Crippen LogP contribution >= 0.6 is 0 Å². The molecule has 8 heteroatoms. The number of nitrogens with one attached hydrogen (secondary N) is 1. The highest BCUT2D eigenvalue weighted by Gasteiger charge is 2.23. The molecule has 2 aromatic rings. The molecule has 0 aliphatic carbocycles. The predicted octanol–water partition coefficient (Wildman–Crippen LogP) is 3.76. The Morgan fingerprint density at radius 1 is 1.03 bits per heavy atom. The molecule has 0 heterocycles. The van der Waals surface area contributed by atoms with Crippen LogP contribution < -0.4 is 19.1 Å². The average Bonchev–Trinajstić information content (AvgIpc) is 2.71. The molecule has 0 saturated heterocycles. The molecule has 2 aromatic carbocycles. The second-order valence-corrected chi connectivity index (χ2v) is 9.63. The second-order valence-electron chi connectivity index (χ2n) is 7.72. The highest BCUT2D eigenvalue weighted by atomic mass is 32.2. The molecule has 0 aliphatic heterocycles. The average molecular weight is 449 g/mol. The molecule has 0 aromatic heterocycles. The van der Waals surface area contributed by atoms with E-state index in [0.717, 1.165) is 28.3 Å². The monoisotopic (exact) mass is 448 g/mol. The first-order valence-corrected chi connectivity index (χ1v) is 12.1. The minimum absolute atomic E-state index is 0.236. The molecule has 2 rings (SSSR count). The lowest BCUT2D eigenvalue weighted by Crippen LogP contribution is -2.41. The number of anilines is 1. The third-order valence-electron chi connectivity index (χ3n) is 4.68. The van der Waals surface area contributed by atoms with Crippen molar-refractivity contribution in [2.24, 2.45) is 5.92 Å². The van der Waals surface area contributed by atoms with Crippen LogP contribution in [0.4, 0.5) is 5.69 Å². The molecule has 0 fully saturated rings. The Labute approximate surface area is 185 Å². The maximum Gasteiger partial charge on any atom is 0.241 e. The smallest absolute Gasteiger partial charge is 0.241 e. The van der Waals surface area contributed by atoms with Gasteiger partial charge in [0.25, 0.3) is 0 Å². The summed E-state index contributed by atoms with van der Waals surface area (Å²) >= 11 is 0. The van der Waals surface area contributed by atoms with Crippen LogP contribution in [0.2, 0.25) is 0 Å². The van der Waals surface area contributed by atoms with Gasteiger partial charge in [0.05, 0.1) is 31.7 Å². The fraction of sp³-hybridized carbons (Fsp3) is 0.435. The summed E-state index contributed by atoms with van der Waals surface area (Å²) in [6.07, 6.45) is 1.81. The summed E-state index contributed by atoms with van der Waals surface area (Å²) in [6, 6.07) is 13.9. The molecule has 170 valence electrons. The highest BCUT2D eigenvalue weighted by Crippen LogP contribution is 2.25. The summed E-state index contributed by atoms with van der Waals surface area (Å²) in [7, 11) is -2.06. The molecule has 1 N–H and O–H groups in total.